The molecule has 1 aromatic rings. The maximum Gasteiger partial charge on any atom is 0.307 e. The zero-order chi connectivity index (χ0) is 23.3. The Balaban J connectivity index is 2.67. The predicted molar refractivity (Wildman–Crippen MR) is 129 cm³/mol. The maximum absolute atomic E-state index is 12.6. The number of nitrogens with two attached hydrogens (primary N) is 1. The molecule has 0 aliphatic heterocycles. The van der Waals surface area contributed by atoms with Crippen LogP contribution in [0.2, 0.25) is 0 Å². The summed E-state index contributed by atoms with van der Waals surface area (Å²) in [5.41, 5.74) is 6.37. The van der Waals surface area contributed by atoms with E-state index in [1.807, 2.05) is 31.4 Å². The summed E-state index contributed by atoms with van der Waals surface area (Å²) in [6.07, 6.45) is 2.44. The Hall–Kier alpha value is -1.00. The highest BCUT2D eigenvalue weighted by Gasteiger charge is 2.26. The summed E-state index contributed by atoms with van der Waals surface area (Å²) < 4.78 is 32.3. The van der Waals surface area contributed by atoms with Gasteiger partial charge in [-0.1, -0.05) is 33.8 Å². The molecule has 1 rings (SSSR count). The number of thiophene rings is 1. The zero-order valence-corrected chi connectivity index (χ0v) is 21.1. The standard InChI is InChI=1S/C22H41N3O4S2/c1-5-12-25(13-6-2)31(27,28)15-10-22(26)29-21(17-24-11-9-18(3)4)20(23)16-19-8-7-14-30-19/h7-8,14,18,20-21,24H,5-6,9-13,15-17,23H2,1-4H3. The summed E-state index contributed by atoms with van der Waals surface area (Å²) in [5, 5.41) is 5.32. The molecule has 180 valence electrons. The molecule has 0 aliphatic rings. The fourth-order valence-electron chi connectivity index (χ4n) is 3.17. The summed E-state index contributed by atoms with van der Waals surface area (Å²) in [5.74, 6) is -0.180. The van der Waals surface area contributed by atoms with Gasteiger partial charge < -0.3 is 15.8 Å². The molecule has 0 aliphatic carbocycles. The van der Waals surface area contributed by atoms with Gasteiger partial charge in [0.2, 0.25) is 10.0 Å². The second-order valence-corrected chi connectivity index (χ2v) is 11.4. The topological polar surface area (TPSA) is 102 Å². The quantitative estimate of drug-likeness (QED) is 0.265. The van der Waals surface area contributed by atoms with E-state index in [1.165, 1.54) is 4.31 Å². The zero-order valence-electron chi connectivity index (χ0n) is 19.5. The largest absolute Gasteiger partial charge is 0.459 e. The fraction of sp³-hybridized carbons (Fsp3) is 0.773. The summed E-state index contributed by atoms with van der Waals surface area (Å²) >= 11 is 1.62. The summed E-state index contributed by atoms with van der Waals surface area (Å²) in [6, 6.07) is 3.62. The van der Waals surface area contributed by atoms with Crippen LogP contribution in [-0.4, -0.2) is 62.8 Å². The van der Waals surface area contributed by atoms with Gasteiger partial charge in [0.1, 0.15) is 6.10 Å². The lowest BCUT2D eigenvalue weighted by Crippen LogP contribution is -2.46. The minimum Gasteiger partial charge on any atom is -0.459 e. The van der Waals surface area contributed by atoms with Crippen LogP contribution >= 0.6 is 11.3 Å². The molecule has 31 heavy (non-hydrogen) atoms. The van der Waals surface area contributed by atoms with Crippen molar-refractivity contribution in [3.05, 3.63) is 22.4 Å². The first-order chi connectivity index (χ1) is 14.7. The highest BCUT2D eigenvalue weighted by Crippen LogP contribution is 2.14. The molecule has 1 aromatic heterocycles. The number of carbonyl (C=O) groups excluding carboxylic acids is 1. The van der Waals surface area contributed by atoms with Gasteiger partial charge >= 0.3 is 5.97 Å². The number of rotatable bonds is 17. The molecule has 0 fully saturated rings. The smallest absolute Gasteiger partial charge is 0.307 e. The Bertz CT molecular complexity index is 702. The van der Waals surface area contributed by atoms with Crippen LogP contribution in [-0.2, 0) is 26.0 Å². The van der Waals surface area contributed by atoms with Gasteiger partial charge in [-0.05, 0) is 43.2 Å². The normalized spacial score (nSPS) is 14.2. The first kappa shape index (κ1) is 28.0. The van der Waals surface area contributed by atoms with Gasteiger partial charge in [0.05, 0.1) is 12.2 Å². The highest BCUT2D eigenvalue weighted by molar-refractivity contribution is 7.89. The van der Waals surface area contributed by atoms with Crippen LogP contribution in [0.25, 0.3) is 0 Å². The third kappa shape index (κ3) is 11.4. The molecule has 0 saturated carbocycles. The van der Waals surface area contributed by atoms with Crippen molar-refractivity contribution >= 4 is 27.3 Å². The van der Waals surface area contributed by atoms with Crippen molar-refractivity contribution in [3.63, 3.8) is 0 Å². The molecule has 0 amide bonds. The minimum absolute atomic E-state index is 0.166. The number of nitrogens with zero attached hydrogens (tertiary/aromatic N) is 1. The number of hydrogen-bond acceptors (Lipinski definition) is 7. The van der Waals surface area contributed by atoms with E-state index in [0.717, 1.165) is 30.7 Å². The second-order valence-electron chi connectivity index (χ2n) is 8.33. The van der Waals surface area contributed by atoms with Crippen LogP contribution in [0.3, 0.4) is 0 Å². The molecule has 9 heteroatoms. The van der Waals surface area contributed by atoms with E-state index < -0.39 is 22.1 Å². The van der Waals surface area contributed by atoms with Gasteiger partial charge in [0, 0.05) is 37.0 Å². The van der Waals surface area contributed by atoms with Crippen LogP contribution < -0.4 is 11.1 Å². The first-order valence-electron chi connectivity index (χ1n) is 11.4. The van der Waals surface area contributed by atoms with Crippen molar-refractivity contribution in [1.29, 1.82) is 0 Å². The molecule has 2 unspecified atom stereocenters. The van der Waals surface area contributed by atoms with Crippen molar-refractivity contribution in [1.82, 2.24) is 9.62 Å². The van der Waals surface area contributed by atoms with Gasteiger partial charge in [-0.3, -0.25) is 4.79 Å². The third-order valence-electron chi connectivity index (χ3n) is 4.92. The Morgan fingerprint density at radius 1 is 1.26 bits per heavy atom. The predicted octanol–water partition coefficient (Wildman–Crippen LogP) is 3.01. The van der Waals surface area contributed by atoms with E-state index >= 15 is 0 Å². The van der Waals surface area contributed by atoms with Gasteiger partial charge in [0.15, 0.2) is 0 Å². The van der Waals surface area contributed by atoms with Crippen molar-refractivity contribution in [2.24, 2.45) is 11.7 Å². The van der Waals surface area contributed by atoms with Crippen LogP contribution in [0, 0.1) is 5.92 Å². The molecular weight excluding hydrogens is 434 g/mol. The molecule has 0 radical (unpaired) electrons. The van der Waals surface area contributed by atoms with E-state index in [9.17, 15) is 13.2 Å². The van der Waals surface area contributed by atoms with Crippen molar-refractivity contribution in [2.75, 3.05) is 31.9 Å². The molecule has 0 bridgehead atoms. The average Bonchev–Trinajstić information content (AvgIpc) is 3.21. The minimum atomic E-state index is -3.48. The Kier molecular flexibility index (Phi) is 13.5. The number of carbonyl (C=O) groups is 1. The van der Waals surface area contributed by atoms with Gasteiger partial charge in [-0.2, -0.15) is 0 Å². The second kappa shape index (κ2) is 14.9. The monoisotopic (exact) mass is 475 g/mol. The van der Waals surface area contributed by atoms with Gasteiger partial charge in [-0.15, -0.1) is 11.3 Å². The molecule has 3 N–H and O–H groups in total. The van der Waals surface area contributed by atoms with Gasteiger partial charge in [-0.25, -0.2) is 12.7 Å². The summed E-state index contributed by atoms with van der Waals surface area (Å²) in [7, 11) is -3.48. The van der Waals surface area contributed by atoms with Crippen molar-refractivity contribution in [2.45, 2.75) is 71.9 Å². The molecule has 0 saturated heterocycles. The van der Waals surface area contributed by atoms with Crippen molar-refractivity contribution < 1.29 is 17.9 Å². The Morgan fingerprint density at radius 3 is 2.48 bits per heavy atom. The van der Waals surface area contributed by atoms with E-state index in [2.05, 4.69) is 19.2 Å². The van der Waals surface area contributed by atoms with Crippen LogP contribution in [0.15, 0.2) is 17.5 Å². The number of hydrogen-bond donors (Lipinski definition) is 2. The number of esters is 1. The van der Waals surface area contributed by atoms with Crippen LogP contribution in [0.1, 0.15) is 58.3 Å². The molecule has 7 nitrogen and oxygen atoms in total. The summed E-state index contributed by atoms with van der Waals surface area (Å²) in [6.45, 7) is 10.4. The lowest BCUT2D eigenvalue weighted by molar-refractivity contribution is -0.149. The first-order valence-corrected chi connectivity index (χ1v) is 13.8. The average molecular weight is 476 g/mol. The highest BCUT2D eigenvalue weighted by atomic mass is 32.2. The lowest BCUT2D eigenvalue weighted by atomic mass is 10.1. The number of sulfonamides is 1. The van der Waals surface area contributed by atoms with Gasteiger partial charge in [0.25, 0.3) is 0 Å². The van der Waals surface area contributed by atoms with E-state index in [4.69, 9.17) is 10.5 Å². The van der Waals surface area contributed by atoms with Crippen LogP contribution in [0.5, 0.6) is 0 Å². The summed E-state index contributed by atoms with van der Waals surface area (Å²) in [4.78, 5) is 13.6. The molecule has 1 heterocycles. The fourth-order valence-corrected chi connectivity index (χ4v) is 5.55. The Morgan fingerprint density at radius 2 is 1.94 bits per heavy atom. The SMILES string of the molecule is CCCN(CCC)S(=O)(=O)CCC(=O)OC(CNCCC(C)C)C(N)Cc1cccs1. The van der Waals surface area contributed by atoms with Crippen LogP contribution in [0.4, 0.5) is 0 Å². The number of nitrogens with one attached hydrogen (secondary N) is 1. The maximum atomic E-state index is 12.6. The van der Waals surface area contributed by atoms with E-state index in [-0.39, 0.29) is 18.2 Å². The lowest BCUT2D eigenvalue weighted by Gasteiger charge is -2.25. The molecule has 0 aromatic carbocycles. The van der Waals surface area contributed by atoms with Crippen molar-refractivity contribution in [3.8, 4) is 0 Å². The molecule has 2 atom stereocenters. The Labute approximate surface area is 192 Å². The van der Waals surface area contributed by atoms with E-state index in [0.29, 0.717) is 32.0 Å². The number of ether oxygens (including phenoxy) is 1. The molecule has 0 spiro atoms. The van der Waals surface area contributed by atoms with E-state index in [1.54, 1.807) is 11.3 Å². The third-order valence-corrected chi connectivity index (χ3v) is 7.70. The molecular formula is C22H41N3O4S2.